The Morgan fingerprint density at radius 2 is 2.06 bits per heavy atom. The van der Waals surface area contributed by atoms with Crippen molar-refractivity contribution in [2.45, 2.75) is 43.7 Å². The van der Waals surface area contributed by atoms with Gasteiger partial charge in [0.25, 0.3) is 0 Å². The van der Waals surface area contributed by atoms with E-state index in [1.54, 1.807) is 0 Å². The van der Waals surface area contributed by atoms with Crippen molar-refractivity contribution in [3.05, 3.63) is 35.4 Å². The first kappa shape index (κ1) is 12.0. The number of thioether (sulfide) groups is 1. The quantitative estimate of drug-likeness (QED) is 0.869. The van der Waals surface area contributed by atoms with E-state index < -0.39 is 0 Å². The van der Waals surface area contributed by atoms with Gasteiger partial charge in [-0.2, -0.15) is 11.8 Å². The number of hydrogen-bond donors (Lipinski definition) is 1. The van der Waals surface area contributed by atoms with Crippen LogP contribution in [0.15, 0.2) is 24.3 Å². The minimum atomic E-state index is 0.425. The number of nitrogens with two attached hydrogens (primary N) is 1. The maximum Gasteiger partial charge on any atom is 0.0190 e. The van der Waals surface area contributed by atoms with Crippen LogP contribution in [0, 0.1) is 12.8 Å². The second-order valence-corrected chi connectivity index (χ2v) is 6.10. The summed E-state index contributed by atoms with van der Waals surface area (Å²) in [5.41, 5.74) is 8.93. The van der Waals surface area contributed by atoms with Gasteiger partial charge in [-0.05, 0) is 36.8 Å². The summed E-state index contributed by atoms with van der Waals surface area (Å²) in [5, 5.41) is 0.759. The normalized spacial score (nSPS) is 29.6. The Kier molecular flexibility index (Phi) is 3.93. The van der Waals surface area contributed by atoms with E-state index in [-0.39, 0.29) is 0 Å². The summed E-state index contributed by atoms with van der Waals surface area (Å²) in [6, 6.07) is 9.10. The van der Waals surface area contributed by atoms with E-state index in [9.17, 15) is 0 Å². The predicted octanol–water partition coefficient (Wildman–Crippen LogP) is 3.35. The Morgan fingerprint density at radius 3 is 2.69 bits per heavy atom. The monoisotopic (exact) mass is 235 g/mol. The molecule has 1 aromatic carbocycles. The molecule has 1 fully saturated rings. The third-order valence-electron chi connectivity index (χ3n) is 3.76. The molecular formula is C14H21NS. The molecule has 2 N–H and O–H groups in total. The summed E-state index contributed by atoms with van der Waals surface area (Å²) >= 11 is 2.08. The van der Waals surface area contributed by atoms with Gasteiger partial charge in [-0.1, -0.05) is 31.2 Å². The Hall–Kier alpha value is -0.470. The molecular weight excluding hydrogens is 214 g/mol. The van der Waals surface area contributed by atoms with Gasteiger partial charge in [-0.15, -0.1) is 0 Å². The first-order valence-electron chi connectivity index (χ1n) is 6.10. The molecule has 1 nitrogen and oxygen atoms in total. The lowest BCUT2D eigenvalue weighted by Crippen LogP contribution is -2.26. The van der Waals surface area contributed by atoms with Crippen LogP contribution in [0.1, 0.15) is 30.9 Å². The number of rotatable bonds is 3. The Balaban J connectivity index is 1.91. The SMILES string of the molecule is Cc1ccccc1CSC1CCC(N)C1C. The van der Waals surface area contributed by atoms with Crippen molar-refractivity contribution in [3.63, 3.8) is 0 Å². The van der Waals surface area contributed by atoms with Gasteiger partial charge in [0, 0.05) is 17.0 Å². The van der Waals surface area contributed by atoms with Crippen LogP contribution >= 0.6 is 11.8 Å². The zero-order valence-electron chi connectivity index (χ0n) is 10.1. The molecule has 1 aliphatic rings. The molecule has 1 aliphatic carbocycles. The molecule has 88 valence electrons. The summed E-state index contributed by atoms with van der Waals surface area (Å²) in [7, 11) is 0. The van der Waals surface area contributed by atoms with Gasteiger partial charge in [0.1, 0.15) is 0 Å². The number of benzene rings is 1. The minimum Gasteiger partial charge on any atom is -0.327 e. The van der Waals surface area contributed by atoms with E-state index in [2.05, 4.69) is 49.9 Å². The van der Waals surface area contributed by atoms with Gasteiger partial charge in [-0.25, -0.2) is 0 Å². The van der Waals surface area contributed by atoms with E-state index in [0.717, 1.165) is 11.0 Å². The third kappa shape index (κ3) is 2.61. The van der Waals surface area contributed by atoms with Crippen LogP contribution in [-0.2, 0) is 5.75 Å². The van der Waals surface area contributed by atoms with Crippen molar-refractivity contribution in [1.82, 2.24) is 0 Å². The summed E-state index contributed by atoms with van der Waals surface area (Å²) in [6.45, 7) is 4.49. The molecule has 0 heterocycles. The topological polar surface area (TPSA) is 26.0 Å². The molecule has 16 heavy (non-hydrogen) atoms. The highest BCUT2D eigenvalue weighted by Gasteiger charge is 2.30. The maximum atomic E-state index is 6.05. The second kappa shape index (κ2) is 5.24. The molecule has 0 bridgehead atoms. The van der Waals surface area contributed by atoms with Crippen molar-refractivity contribution >= 4 is 11.8 Å². The lowest BCUT2D eigenvalue weighted by Gasteiger charge is -2.18. The van der Waals surface area contributed by atoms with E-state index in [4.69, 9.17) is 5.73 Å². The third-order valence-corrected chi connectivity index (χ3v) is 5.33. The van der Waals surface area contributed by atoms with Crippen LogP contribution < -0.4 is 5.73 Å². The Bertz CT molecular complexity index is 350. The lowest BCUT2D eigenvalue weighted by molar-refractivity contribution is 0.535. The smallest absolute Gasteiger partial charge is 0.0190 e. The molecule has 0 radical (unpaired) electrons. The van der Waals surface area contributed by atoms with Crippen molar-refractivity contribution < 1.29 is 0 Å². The Labute approximate surface area is 103 Å². The van der Waals surface area contributed by atoms with Crippen molar-refractivity contribution in [1.29, 1.82) is 0 Å². The zero-order valence-corrected chi connectivity index (χ0v) is 11.0. The fourth-order valence-corrected chi connectivity index (χ4v) is 3.89. The van der Waals surface area contributed by atoms with Gasteiger partial charge in [-0.3, -0.25) is 0 Å². The highest BCUT2D eigenvalue weighted by Crippen LogP contribution is 2.35. The summed E-state index contributed by atoms with van der Waals surface area (Å²) in [6.07, 6.45) is 2.49. The van der Waals surface area contributed by atoms with Gasteiger partial charge in [0.05, 0.1) is 0 Å². The van der Waals surface area contributed by atoms with Crippen LogP contribution in [-0.4, -0.2) is 11.3 Å². The molecule has 1 aromatic rings. The molecule has 3 atom stereocenters. The van der Waals surface area contributed by atoms with Crippen molar-refractivity contribution in [2.75, 3.05) is 0 Å². The largest absolute Gasteiger partial charge is 0.327 e. The van der Waals surface area contributed by atoms with Crippen LogP contribution in [0.5, 0.6) is 0 Å². The van der Waals surface area contributed by atoms with Crippen LogP contribution in [0.3, 0.4) is 0 Å². The second-order valence-electron chi connectivity index (χ2n) is 4.88. The molecule has 3 unspecified atom stereocenters. The fourth-order valence-electron chi connectivity index (χ4n) is 2.36. The Morgan fingerprint density at radius 1 is 1.31 bits per heavy atom. The average molecular weight is 235 g/mol. The van der Waals surface area contributed by atoms with Crippen LogP contribution in [0.25, 0.3) is 0 Å². The summed E-state index contributed by atoms with van der Waals surface area (Å²) < 4.78 is 0. The molecule has 0 amide bonds. The molecule has 0 saturated heterocycles. The zero-order chi connectivity index (χ0) is 11.5. The first-order chi connectivity index (χ1) is 7.68. The standard InChI is InChI=1S/C14H21NS/c1-10-5-3-4-6-12(10)9-16-14-8-7-13(15)11(14)2/h3-6,11,13-14H,7-9,15H2,1-2H3. The van der Waals surface area contributed by atoms with Crippen LogP contribution in [0.4, 0.5) is 0 Å². The van der Waals surface area contributed by atoms with E-state index in [1.807, 2.05) is 0 Å². The van der Waals surface area contributed by atoms with Gasteiger partial charge < -0.3 is 5.73 Å². The van der Waals surface area contributed by atoms with E-state index >= 15 is 0 Å². The molecule has 0 aliphatic heterocycles. The highest BCUT2D eigenvalue weighted by atomic mass is 32.2. The number of aryl methyl sites for hydroxylation is 1. The average Bonchev–Trinajstić information content (AvgIpc) is 2.59. The molecule has 2 rings (SSSR count). The minimum absolute atomic E-state index is 0.425. The number of hydrogen-bond acceptors (Lipinski definition) is 2. The van der Waals surface area contributed by atoms with Gasteiger partial charge in [0.2, 0.25) is 0 Å². The lowest BCUT2D eigenvalue weighted by atomic mass is 10.1. The molecule has 0 spiro atoms. The highest BCUT2D eigenvalue weighted by molar-refractivity contribution is 7.99. The summed E-state index contributed by atoms with van der Waals surface area (Å²) in [5.74, 6) is 1.81. The first-order valence-corrected chi connectivity index (χ1v) is 7.15. The van der Waals surface area contributed by atoms with E-state index in [0.29, 0.717) is 12.0 Å². The fraction of sp³-hybridized carbons (Fsp3) is 0.571. The predicted molar refractivity (Wildman–Crippen MR) is 72.6 cm³/mol. The van der Waals surface area contributed by atoms with Gasteiger partial charge in [0.15, 0.2) is 0 Å². The van der Waals surface area contributed by atoms with Crippen LogP contribution in [0.2, 0.25) is 0 Å². The van der Waals surface area contributed by atoms with E-state index in [1.165, 1.54) is 24.0 Å². The maximum absolute atomic E-state index is 6.05. The van der Waals surface area contributed by atoms with Gasteiger partial charge >= 0.3 is 0 Å². The van der Waals surface area contributed by atoms with Crippen molar-refractivity contribution in [2.24, 2.45) is 11.7 Å². The summed E-state index contributed by atoms with van der Waals surface area (Å²) in [4.78, 5) is 0. The van der Waals surface area contributed by atoms with Crippen molar-refractivity contribution in [3.8, 4) is 0 Å². The molecule has 1 saturated carbocycles. The molecule has 2 heteroatoms. The molecule has 0 aromatic heterocycles.